The molecule has 136 valence electrons. The fraction of sp³-hybridized carbons (Fsp3) is 0.111. The van der Waals surface area contributed by atoms with Gasteiger partial charge in [-0.15, -0.1) is 0 Å². The lowest BCUT2D eigenvalue weighted by molar-refractivity contribution is 0.215. The zero-order valence-electron chi connectivity index (χ0n) is 13.9. The van der Waals surface area contributed by atoms with Gasteiger partial charge in [-0.3, -0.25) is 10.3 Å². The summed E-state index contributed by atoms with van der Waals surface area (Å²) in [5, 5.41) is 6.80. The van der Waals surface area contributed by atoms with Gasteiger partial charge in [0.25, 0.3) is 0 Å². The molecule has 0 fully saturated rings. The van der Waals surface area contributed by atoms with E-state index in [-0.39, 0.29) is 5.83 Å². The molecule has 3 aromatic rings. The first-order valence-electron chi connectivity index (χ1n) is 8.10. The van der Waals surface area contributed by atoms with Crippen LogP contribution in [-0.2, 0) is 0 Å². The smallest absolute Gasteiger partial charge is 0.408 e. The number of hydrogen-bond acceptors (Lipinski definition) is 5. The highest BCUT2D eigenvalue weighted by Gasteiger charge is 2.18. The molecule has 0 aromatic carbocycles. The van der Waals surface area contributed by atoms with E-state index in [1.54, 1.807) is 36.7 Å². The van der Waals surface area contributed by atoms with Crippen LogP contribution in [0.3, 0.4) is 0 Å². The van der Waals surface area contributed by atoms with E-state index in [2.05, 4.69) is 36.3 Å². The predicted molar refractivity (Wildman–Crippen MR) is 101 cm³/mol. The van der Waals surface area contributed by atoms with Crippen LogP contribution in [0.5, 0.6) is 5.75 Å². The Morgan fingerprint density at radius 1 is 1.37 bits per heavy atom. The quantitative estimate of drug-likeness (QED) is 0.661. The zero-order valence-corrected chi connectivity index (χ0v) is 15.5. The van der Waals surface area contributed by atoms with Crippen molar-refractivity contribution in [2.45, 2.75) is 12.8 Å². The number of halogens is 2. The summed E-state index contributed by atoms with van der Waals surface area (Å²) in [6.07, 6.45) is 8.38. The first kappa shape index (κ1) is 17.3. The molecular formula is C18H13BrFN5O2. The van der Waals surface area contributed by atoms with Gasteiger partial charge < -0.3 is 4.74 Å². The van der Waals surface area contributed by atoms with Crippen molar-refractivity contribution in [3.63, 3.8) is 0 Å². The van der Waals surface area contributed by atoms with Crippen molar-refractivity contribution in [2.24, 2.45) is 0 Å². The average molecular weight is 430 g/mol. The fourth-order valence-corrected chi connectivity index (χ4v) is 3.02. The van der Waals surface area contributed by atoms with Gasteiger partial charge in [0, 0.05) is 24.3 Å². The molecule has 9 heteroatoms. The maximum atomic E-state index is 14.3. The fourth-order valence-electron chi connectivity index (χ4n) is 2.67. The number of hydrogen-bond donors (Lipinski definition) is 1. The number of carbonyl (C=O) groups excluding carboxylic acids is 1. The number of nitrogens with one attached hydrogen (secondary N) is 1. The third-order valence-electron chi connectivity index (χ3n) is 3.89. The lowest BCUT2D eigenvalue weighted by Gasteiger charge is -2.13. The first-order chi connectivity index (χ1) is 13.1. The SMILES string of the molecule is O=C(Nc1cc(C2=C(F)CCC=C2)nc2c(Br)cnn12)Oc1cccnc1. The summed E-state index contributed by atoms with van der Waals surface area (Å²) < 4.78 is 21.5. The van der Waals surface area contributed by atoms with Crippen LogP contribution in [-0.4, -0.2) is 25.7 Å². The Kier molecular flexibility index (Phi) is 4.68. The van der Waals surface area contributed by atoms with E-state index in [0.717, 1.165) is 0 Å². The minimum absolute atomic E-state index is 0.242. The third-order valence-corrected chi connectivity index (χ3v) is 4.45. The van der Waals surface area contributed by atoms with Gasteiger partial charge in [-0.05, 0) is 34.5 Å². The molecule has 0 saturated carbocycles. The number of aromatic nitrogens is 4. The summed E-state index contributed by atoms with van der Waals surface area (Å²) in [6.45, 7) is 0. The van der Waals surface area contributed by atoms with Crippen LogP contribution in [0.1, 0.15) is 18.5 Å². The number of carbonyl (C=O) groups is 1. The molecule has 1 aliphatic carbocycles. The van der Waals surface area contributed by atoms with Gasteiger partial charge in [-0.2, -0.15) is 9.61 Å². The van der Waals surface area contributed by atoms with E-state index in [0.29, 0.717) is 45.8 Å². The van der Waals surface area contributed by atoms with Gasteiger partial charge in [0.2, 0.25) is 0 Å². The Labute approximate surface area is 161 Å². The topological polar surface area (TPSA) is 81.4 Å². The van der Waals surface area contributed by atoms with E-state index >= 15 is 0 Å². The maximum absolute atomic E-state index is 14.3. The summed E-state index contributed by atoms with van der Waals surface area (Å²) in [7, 11) is 0. The number of nitrogens with zero attached hydrogens (tertiary/aromatic N) is 4. The molecule has 3 heterocycles. The van der Waals surface area contributed by atoms with Crippen molar-refractivity contribution in [3.05, 3.63) is 64.9 Å². The van der Waals surface area contributed by atoms with Crippen molar-refractivity contribution >= 4 is 39.1 Å². The van der Waals surface area contributed by atoms with Gasteiger partial charge in [-0.1, -0.05) is 12.2 Å². The Hall–Kier alpha value is -3.07. The van der Waals surface area contributed by atoms with E-state index in [9.17, 15) is 9.18 Å². The number of fused-ring (bicyclic) bond motifs is 1. The lowest BCUT2D eigenvalue weighted by atomic mass is 10.0. The largest absolute Gasteiger partial charge is 0.418 e. The second-order valence-electron chi connectivity index (χ2n) is 5.72. The van der Waals surface area contributed by atoms with Crippen LogP contribution in [0.25, 0.3) is 11.2 Å². The second kappa shape index (κ2) is 7.28. The highest BCUT2D eigenvalue weighted by molar-refractivity contribution is 9.10. The van der Waals surface area contributed by atoms with Crippen molar-refractivity contribution < 1.29 is 13.9 Å². The summed E-state index contributed by atoms with van der Waals surface area (Å²) in [6, 6.07) is 4.82. The molecule has 0 unspecified atom stereocenters. The van der Waals surface area contributed by atoms with E-state index in [1.807, 2.05) is 6.08 Å². The standard InChI is InChI=1S/C18H13BrFN5O2/c19-13-10-22-25-16(24-18(26)27-11-4-3-7-21-9-11)8-15(23-17(13)25)12-5-1-2-6-14(12)20/h1,3-5,7-10H,2,6H2,(H,24,26). The highest BCUT2D eigenvalue weighted by Crippen LogP contribution is 2.30. The Balaban J connectivity index is 1.71. The van der Waals surface area contributed by atoms with Crippen LogP contribution >= 0.6 is 15.9 Å². The molecule has 0 atom stereocenters. The molecule has 0 saturated heterocycles. The second-order valence-corrected chi connectivity index (χ2v) is 6.57. The number of ether oxygens (including phenoxy) is 1. The molecule has 1 amide bonds. The molecule has 4 rings (SSSR count). The number of pyridine rings is 1. The van der Waals surface area contributed by atoms with Gasteiger partial charge in [0.1, 0.15) is 11.6 Å². The Morgan fingerprint density at radius 3 is 3.04 bits per heavy atom. The molecule has 0 aliphatic heterocycles. The summed E-state index contributed by atoms with van der Waals surface area (Å²) in [5.41, 5.74) is 1.23. The van der Waals surface area contributed by atoms with Crippen LogP contribution in [0.4, 0.5) is 15.0 Å². The minimum atomic E-state index is -0.721. The van der Waals surface area contributed by atoms with E-state index in [4.69, 9.17) is 4.74 Å². The van der Waals surface area contributed by atoms with Crippen LogP contribution in [0.2, 0.25) is 0 Å². The average Bonchev–Trinajstić information content (AvgIpc) is 3.04. The normalized spacial score (nSPS) is 13.9. The van der Waals surface area contributed by atoms with E-state index in [1.165, 1.54) is 10.7 Å². The van der Waals surface area contributed by atoms with Crippen molar-refractivity contribution in [1.29, 1.82) is 0 Å². The maximum Gasteiger partial charge on any atom is 0.418 e. The van der Waals surface area contributed by atoms with Crippen LogP contribution in [0.15, 0.2) is 59.2 Å². The van der Waals surface area contributed by atoms with Crippen LogP contribution < -0.4 is 10.1 Å². The van der Waals surface area contributed by atoms with Crippen molar-refractivity contribution in [2.75, 3.05) is 5.32 Å². The molecule has 3 aromatic heterocycles. The van der Waals surface area contributed by atoms with Gasteiger partial charge >= 0.3 is 6.09 Å². The summed E-state index contributed by atoms with van der Waals surface area (Å²) >= 11 is 3.37. The summed E-state index contributed by atoms with van der Waals surface area (Å²) in [5.74, 6) is 0.355. The third kappa shape index (κ3) is 3.59. The van der Waals surface area contributed by atoms with Gasteiger partial charge in [-0.25, -0.2) is 14.2 Å². The zero-order chi connectivity index (χ0) is 18.8. The Bertz CT molecular complexity index is 1080. The Morgan fingerprint density at radius 2 is 2.26 bits per heavy atom. The molecule has 1 aliphatic rings. The first-order valence-corrected chi connectivity index (χ1v) is 8.90. The van der Waals surface area contributed by atoms with Gasteiger partial charge in [0.15, 0.2) is 11.4 Å². The van der Waals surface area contributed by atoms with E-state index < -0.39 is 6.09 Å². The van der Waals surface area contributed by atoms with Crippen molar-refractivity contribution in [1.82, 2.24) is 19.6 Å². The molecule has 0 bridgehead atoms. The number of rotatable bonds is 3. The lowest BCUT2D eigenvalue weighted by Crippen LogP contribution is -2.19. The number of amides is 1. The number of allylic oxidation sites excluding steroid dienone is 4. The molecule has 7 nitrogen and oxygen atoms in total. The predicted octanol–water partition coefficient (Wildman–Crippen LogP) is 4.53. The highest BCUT2D eigenvalue weighted by atomic mass is 79.9. The summed E-state index contributed by atoms with van der Waals surface area (Å²) in [4.78, 5) is 20.6. The minimum Gasteiger partial charge on any atom is -0.408 e. The monoisotopic (exact) mass is 429 g/mol. The van der Waals surface area contributed by atoms with Crippen molar-refractivity contribution in [3.8, 4) is 5.75 Å². The molecular weight excluding hydrogens is 417 g/mol. The van der Waals surface area contributed by atoms with Gasteiger partial charge in [0.05, 0.1) is 22.6 Å². The molecule has 27 heavy (non-hydrogen) atoms. The molecule has 0 radical (unpaired) electrons. The molecule has 0 spiro atoms. The molecule has 1 N–H and O–H groups in total. The number of anilines is 1. The van der Waals surface area contributed by atoms with Crippen LogP contribution in [0, 0.1) is 0 Å².